The SMILES string of the molecule is C#Cc1cccc(NC(=O)c2c(C)cccc2C)c1. The normalized spacial score (nSPS) is 9.74. The summed E-state index contributed by atoms with van der Waals surface area (Å²) < 4.78 is 0. The van der Waals surface area contributed by atoms with Crippen LogP contribution < -0.4 is 5.32 Å². The number of carbonyl (C=O) groups excluding carboxylic acids is 1. The lowest BCUT2D eigenvalue weighted by Crippen LogP contribution is -2.15. The van der Waals surface area contributed by atoms with Gasteiger partial charge in [0.2, 0.25) is 0 Å². The van der Waals surface area contributed by atoms with Gasteiger partial charge in [-0.05, 0) is 43.2 Å². The summed E-state index contributed by atoms with van der Waals surface area (Å²) in [5.41, 5.74) is 4.10. The maximum Gasteiger partial charge on any atom is 0.256 e. The van der Waals surface area contributed by atoms with Crippen molar-refractivity contribution in [3.63, 3.8) is 0 Å². The number of hydrogen-bond donors (Lipinski definition) is 1. The van der Waals surface area contributed by atoms with Crippen molar-refractivity contribution in [3.8, 4) is 12.3 Å². The molecule has 0 saturated heterocycles. The summed E-state index contributed by atoms with van der Waals surface area (Å²) >= 11 is 0. The number of hydrogen-bond acceptors (Lipinski definition) is 1. The number of aryl methyl sites for hydroxylation is 2. The molecule has 0 atom stereocenters. The van der Waals surface area contributed by atoms with Gasteiger partial charge in [0.25, 0.3) is 5.91 Å². The highest BCUT2D eigenvalue weighted by molar-refractivity contribution is 6.06. The fourth-order valence-electron chi connectivity index (χ4n) is 2.05. The smallest absolute Gasteiger partial charge is 0.256 e. The topological polar surface area (TPSA) is 29.1 Å². The Morgan fingerprint density at radius 1 is 1.11 bits per heavy atom. The van der Waals surface area contributed by atoms with Crippen molar-refractivity contribution in [2.45, 2.75) is 13.8 Å². The van der Waals surface area contributed by atoms with Crippen molar-refractivity contribution in [2.75, 3.05) is 5.32 Å². The van der Waals surface area contributed by atoms with Crippen LogP contribution in [0.15, 0.2) is 42.5 Å². The zero-order chi connectivity index (χ0) is 13.8. The number of amides is 1. The van der Waals surface area contributed by atoms with Gasteiger partial charge in [-0.2, -0.15) is 0 Å². The summed E-state index contributed by atoms with van der Waals surface area (Å²) in [6.45, 7) is 3.86. The van der Waals surface area contributed by atoms with Gasteiger partial charge in [0.1, 0.15) is 0 Å². The summed E-state index contributed by atoms with van der Waals surface area (Å²) in [5.74, 6) is 2.45. The van der Waals surface area contributed by atoms with Crippen molar-refractivity contribution in [1.29, 1.82) is 0 Å². The maximum atomic E-state index is 12.3. The van der Waals surface area contributed by atoms with Crippen LogP contribution >= 0.6 is 0 Å². The van der Waals surface area contributed by atoms with Crippen LogP contribution in [0.1, 0.15) is 27.0 Å². The van der Waals surface area contributed by atoms with Gasteiger partial charge < -0.3 is 5.32 Å². The lowest BCUT2D eigenvalue weighted by molar-refractivity contribution is 0.102. The van der Waals surface area contributed by atoms with Crippen LogP contribution in [0.25, 0.3) is 0 Å². The van der Waals surface area contributed by atoms with E-state index in [-0.39, 0.29) is 5.91 Å². The van der Waals surface area contributed by atoms with Gasteiger partial charge in [0.05, 0.1) is 0 Å². The van der Waals surface area contributed by atoms with E-state index in [4.69, 9.17) is 6.42 Å². The molecule has 2 heteroatoms. The zero-order valence-electron chi connectivity index (χ0n) is 11.0. The summed E-state index contributed by atoms with van der Waals surface area (Å²) in [6, 6.07) is 13.1. The quantitative estimate of drug-likeness (QED) is 0.810. The molecule has 0 bridgehead atoms. The minimum Gasteiger partial charge on any atom is -0.322 e. The van der Waals surface area contributed by atoms with E-state index in [0.29, 0.717) is 11.3 Å². The Morgan fingerprint density at radius 2 is 1.74 bits per heavy atom. The summed E-state index contributed by atoms with van der Waals surface area (Å²) in [6.07, 6.45) is 5.35. The van der Waals surface area contributed by atoms with Gasteiger partial charge in [-0.3, -0.25) is 4.79 Å². The molecule has 94 valence electrons. The average Bonchev–Trinajstić information content (AvgIpc) is 2.38. The molecule has 2 nitrogen and oxygen atoms in total. The van der Waals surface area contributed by atoms with E-state index in [2.05, 4.69) is 11.2 Å². The van der Waals surface area contributed by atoms with Crippen LogP contribution in [0, 0.1) is 26.2 Å². The van der Waals surface area contributed by atoms with E-state index in [9.17, 15) is 4.79 Å². The molecule has 0 aromatic heterocycles. The summed E-state index contributed by atoms with van der Waals surface area (Å²) in [5, 5.41) is 2.88. The molecule has 1 amide bonds. The highest BCUT2D eigenvalue weighted by Crippen LogP contribution is 2.16. The second-order valence-corrected chi connectivity index (χ2v) is 4.45. The molecule has 0 heterocycles. The largest absolute Gasteiger partial charge is 0.322 e. The number of terminal acetylenes is 1. The fourth-order valence-corrected chi connectivity index (χ4v) is 2.05. The third kappa shape index (κ3) is 2.83. The van der Waals surface area contributed by atoms with E-state index in [1.165, 1.54) is 0 Å². The lowest BCUT2D eigenvalue weighted by atomic mass is 10.0. The minimum atomic E-state index is -0.107. The fraction of sp³-hybridized carbons (Fsp3) is 0.118. The first kappa shape index (κ1) is 12.9. The molecule has 0 aliphatic rings. The molecule has 0 radical (unpaired) electrons. The van der Waals surface area contributed by atoms with Crippen LogP contribution in [0.2, 0.25) is 0 Å². The highest BCUT2D eigenvalue weighted by atomic mass is 16.1. The Kier molecular flexibility index (Phi) is 3.68. The number of rotatable bonds is 2. The van der Waals surface area contributed by atoms with Gasteiger partial charge in [0.15, 0.2) is 0 Å². The van der Waals surface area contributed by atoms with Crippen molar-refractivity contribution in [2.24, 2.45) is 0 Å². The molecule has 0 unspecified atom stereocenters. The predicted molar refractivity (Wildman–Crippen MR) is 78.2 cm³/mol. The van der Waals surface area contributed by atoms with E-state index in [1.807, 2.05) is 50.2 Å². The van der Waals surface area contributed by atoms with Crippen molar-refractivity contribution in [1.82, 2.24) is 0 Å². The molecule has 0 saturated carbocycles. The van der Waals surface area contributed by atoms with Crippen molar-refractivity contribution >= 4 is 11.6 Å². The molecule has 19 heavy (non-hydrogen) atoms. The Labute approximate surface area is 113 Å². The third-order valence-corrected chi connectivity index (χ3v) is 3.00. The molecule has 2 aromatic carbocycles. The number of benzene rings is 2. The number of anilines is 1. The molecule has 0 aliphatic carbocycles. The first-order valence-electron chi connectivity index (χ1n) is 6.06. The Balaban J connectivity index is 2.29. The predicted octanol–water partition coefficient (Wildman–Crippen LogP) is 3.54. The van der Waals surface area contributed by atoms with Crippen molar-refractivity contribution in [3.05, 3.63) is 64.7 Å². The molecule has 0 aliphatic heterocycles. The molecular weight excluding hydrogens is 234 g/mol. The highest BCUT2D eigenvalue weighted by Gasteiger charge is 2.11. The monoisotopic (exact) mass is 249 g/mol. The van der Waals surface area contributed by atoms with E-state index in [0.717, 1.165) is 16.7 Å². The second-order valence-electron chi connectivity index (χ2n) is 4.45. The lowest BCUT2D eigenvalue weighted by Gasteiger charge is -2.10. The van der Waals surface area contributed by atoms with Gasteiger partial charge in [-0.25, -0.2) is 0 Å². The molecule has 0 spiro atoms. The minimum absolute atomic E-state index is 0.107. The first-order chi connectivity index (χ1) is 9.11. The average molecular weight is 249 g/mol. The van der Waals surface area contributed by atoms with Gasteiger partial charge >= 0.3 is 0 Å². The Hall–Kier alpha value is -2.53. The zero-order valence-corrected chi connectivity index (χ0v) is 11.0. The molecule has 2 rings (SSSR count). The Bertz CT molecular complexity index is 645. The Morgan fingerprint density at radius 3 is 2.37 bits per heavy atom. The van der Waals surface area contributed by atoms with Crippen molar-refractivity contribution < 1.29 is 4.79 Å². The maximum absolute atomic E-state index is 12.3. The summed E-state index contributed by atoms with van der Waals surface area (Å²) in [7, 11) is 0. The standard InChI is InChI=1S/C17H15NO/c1-4-14-9-6-10-15(11-14)18-17(19)16-12(2)7-5-8-13(16)3/h1,5-11H,2-3H3,(H,18,19). The van der Waals surface area contributed by atoms with Gasteiger partial charge in [0, 0.05) is 16.8 Å². The molecule has 2 aromatic rings. The summed E-state index contributed by atoms with van der Waals surface area (Å²) in [4.78, 5) is 12.3. The van der Waals surface area contributed by atoms with Gasteiger partial charge in [-0.1, -0.05) is 30.2 Å². The van der Waals surface area contributed by atoms with Crippen LogP contribution in [0.4, 0.5) is 5.69 Å². The van der Waals surface area contributed by atoms with Gasteiger partial charge in [-0.15, -0.1) is 6.42 Å². The van der Waals surface area contributed by atoms with Crippen LogP contribution in [-0.2, 0) is 0 Å². The number of carbonyl (C=O) groups is 1. The molecule has 0 fully saturated rings. The van der Waals surface area contributed by atoms with Crippen LogP contribution in [0.3, 0.4) is 0 Å². The third-order valence-electron chi connectivity index (χ3n) is 3.00. The van der Waals surface area contributed by atoms with E-state index in [1.54, 1.807) is 6.07 Å². The first-order valence-corrected chi connectivity index (χ1v) is 6.06. The molecule has 1 N–H and O–H groups in total. The number of nitrogens with one attached hydrogen (secondary N) is 1. The van der Waals surface area contributed by atoms with Crippen LogP contribution in [0.5, 0.6) is 0 Å². The second kappa shape index (κ2) is 5.41. The van der Waals surface area contributed by atoms with Crippen LogP contribution in [-0.4, -0.2) is 5.91 Å². The van der Waals surface area contributed by atoms with E-state index >= 15 is 0 Å². The van der Waals surface area contributed by atoms with E-state index < -0.39 is 0 Å². The molecular formula is C17H15NO.